The molecule has 3 aromatic carbocycles. The van der Waals surface area contributed by atoms with Crippen LogP contribution >= 0.6 is 0 Å². The van der Waals surface area contributed by atoms with Crippen LogP contribution in [-0.4, -0.2) is 30.6 Å². The molecule has 0 amide bonds. The second kappa shape index (κ2) is 9.53. The molecule has 3 heteroatoms. The fourth-order valence-electron chi connectivity index (χ4n) is 3.50. The molecule has 3 aromatic rings. The average molecular weight is 399 g/mol. The molecule has 0 radical (unpaired) electrons. The van der Waals surface area contributed by atoms with Crippen LogP contribution in [0.15, 0.2) is 65.7 Å². The fourth-order valence-corrected chi connectivity index (χ4v) is 3.50. The van der Waals surface area contributed by atoms with Crippen LogP contribution in [0.3, 0.4) is 0 Å². The first-order valence-corrected chi connectivity index (χ1v) is 10.4. The van der Waals surface area contributed by atoms with Crippen LogP contribution in [0.2, 0.25) is 0 Å². The monoisotopic (exact) mass is 398 g/mol. The minimum Gasteiger partial charge on any atom is -0.366 e. The average Bonchev–Trinajstić information content (AvgIpc) is 2.75. The molecule has 0 saturated carbocycles. The molecular formula is C27H30N2O. The highest BCUT2D eigenvalue weighted by Gasteiger charge is 2.09. The number of Topliss-reactive ketones (excluding diaryl/α,β-unsaturated/α-hetero) is 1. The minimum atomic E-state index is 0.0913. The molecule has 0 bridgehead atoms. The van der Waals surface area contributed by atoms with Gasteiger partial charge in [0.1, 0.15) is 0 Å². The van der Waals surface area contributed by atoms with E-state index >= 15 is 0 Å². The molecular weight excluding hydrogens is 368 g/mol. The van der Waals surface area contributed by atoms with Gasteiger partial charge in [0, 0.05) is 19.2 Å². The van der Waals surface area contributed by atoms with Crippen molar-refractivity contribution < 1.29 is 4.79 Å². The number of ketones is 1. The summed E-state index contributed by atoms with van der Waals surface area (Å²) in [7, 11) is 2.03. The Morgan fingerprint density at radius 1 is 1.00 bits per heavy atom. The van der Waals surface area contributed by atoms with E-state index in [9.17, 15) is 4.79 Å². The number of benzene rings is 3. The van der Waals surface area contributed by atoms with Crippen molar-refractivity contribution in [3.63, 3.8) is 0 Å². The summed E-state index contributed by atoms with van der Waals surface area (Å²) in [5.41, 5.74) is 8.84. The zero-order valence-corrected chi connectivity index (χ0v) is 18.6. The lowest BCUT2D eigenvalue weighted by molar-refractivity contribution is 0.101. The van der Waals surface area contributed by atoms with Crippen LogP contribution in [0.25, 0.3) is 11.1 Å². The standard InChI is InChI=1S/C27H30N2O/c1-6-29(5)18-28-27-16-19(2)24(15-20(27)3)17-22-11-13-23(14-12-22)26-10-8-7-9-25(26)21(4)30/h7-16,18H,6,17H2,1-5H3. The summed E-state index contributed by atoms with van der Waals surface area (Å²) in [6.45, 7) is 8.92. The Morgan fingerprint density at radius 2 is 1.70 bits per heavy atom. The molecule has 0 saturated heterocycles. The molecule has 0 N–H and O–H groups in total. The van der Waals surface area contributed by atoms with Gasteiger partial charge in [0.2, 0.25) is 0 Å². The van der Waals surface area contributed by atoms with Crippen LogP contribution in [-0.2, 0) is 6.42 Å². The second-order valence-electron chi connectivity index (χ2n) is 7.86. The molecule has 0 unspecified atom stereocenters. The Balaban J connectivity index is 1.82. The third kappa shape index (κ3) is 5.04. The van der Waals surface area contributed by atoms with E-state index in [0.717, 1.165) is 35.3 Å². The first kappa shape index (κ1) is 21.5. The maximum Gasteiger partial charge on any atom is 0.160 e. The van der Waals surface area contributed by atoms with Gasteiger partial charge < -0.3 is 4.90 Å². The Hall–Kier alpha value is -3.20. The van der Waals surface area contributed by atoms with Gasteiger partial charge in [-0.05, 0) is 73.6 Å². The molecule has 154 valence electrons. The van der Waals surface area contributed by atoms with Gasteiger partial charge in [0.15, 0.2) is 5.78 Å². The molecule has 0 aromatic heterocycles. The molecule has 0 atom stereocenters. The predicted molar refractivity (Wildman–Crippen MR) is 127 cm³/mol. The van der Waals surface area contributed by atoms with Crippen molar-refractivity contribution in [3.8, 4) is 11.1 Å². The smallest absolute Gasteiger partial charge is 0.160 e. The number of aliphatic imine (C=N–C) groups is 1. The highest BCUT2D eigenvalue weighted by Crippen LogP contribution is 2.27. The largest absolute Gasteiger partial charge is 0.366 e. The third-order valence-electron chi connectivity index (χ3n) is 5.51. The zero-order valence-electron chi connectivity index (χ0n) is 18.6. The van der Waals surface area contributed by atoms with Gasteiger partial charge in [-0.3, -0.25) is 4.79 Å². The van der Waals surface area contributed by atoms with Crippen molar-refractivity contribution in [2.45, 2.75) is 34.1 Å². The van der Waals surface area contributed by atoms with E-state index in [2.05, 4.69) is 67.1 Å². The minimum absolute atomic E-state index is 0.0913. The summed E-state index contributed by atoms with van der Waals surface area (Å²) in [4.78, 5) is 18.6. The van der Waals surface area contributed by atoms with Crippen molar-refractivity contribution in [2.24, 2.45) is 4.99 Å². The zero-order chi connectivity index (χ0) is 21.7. The van der Waals surface area contributed by atoms with Crippen LogP contribution < -0.4 is 0 Å². The van der Waals surface area contributed by atoms with Crippen molar-refractivity contribution in [3.05, 3.63) is 88.5 Å². The Kier molecular flexibility index (Phi) is 6.83. The fraction of sp³-hybridized carbons (Fsp3) is 0.259. The lowest BCUT2D eigenvalue weighted by Crippen LogP contribution is -2.14. The lowest BCUT2D eigenvalue weighted by Gasteiger charge is -2.13. The van der Waals surface area contributed by atoms with Gasteiger partial charge in [-0.1, -0.05) is 54.6 Å². The van der Waals surface area contributed by atoms with Crippen molar-refractivity contribution in [1.29, 1.82) is 0 Å². The van der Waals surface area contributed by atoms with Crippen LogP contribution in [0.4, 0.5) is 5.69 Å². The van der Waals surface area contributed by atoms with E-state index < -0.39 is 0 Å². The van der Waals surface area contributed by atoms with Crippen LogP contribution in [0.5, 0.6) is 0 Å². The summed E-state index contributed by atoms with van der Waals surface area (Å²) < 4.78 is 0. The van der Waals surface area contributed by atoms with E-state index in [4.69, 9.17) is 0 Å². The lowest BCUT2D eigenvalue weighted by atomic mass is 9.94. The maximum atomic E-state index is 11.9. The molecule has 0 fully saturated rings. The number of aryl methyl sites for hydroxylation is 2. The molecule has 0 aliphatic rings. The molecule has 30 heavy (non-hydrogen) atoms. The number of nitrogens with zero attached hydrogens (tertiary/aromatic N) is 2. The normalized spacial score (nSPS) is 11.1. The van der Waals surface area contributed by atoms with Gasteiger partial charge in [-0.2, -0.15) is 0 Å². The molecule has 0 aliphatic heterocycles. The van der Waals surface area contributed by atoms with Crippen molar-refractivity contribution >= 4 is 17.8 Å². The number of hydrogen-bond donors (Lipinski definition) is 0. The van der Waals surface area contributed by atoms with Gasteiger partial charge in [0.25, 0.3) is 0 Å². The first-order chi connectivity index (χ1) is 14.4. The summed E-state index contributed by atoms with van der Waals surface area (Å²) >= 11 is 0. The Morgan fingerprint density at radius 3 is 2.37 bits per heavy atom. The first-order valence-electron chi connectivity index (χ1n) is 10.4. The van der Waals surface area contributed by atoms with Gasteiger partial charge in [-0.25, -0.2) is 4.99 Å². The summed E-state index contributed by atoms with van der Waals surface area (Å²) in [5, 5.41) is 0. The van der Waals surface area contributed by atoms with E-state index in [1.54, 1.807) is 6.92 Å². The number of hydrogen-bond acceptors (Lipinski definition) is 2. The van der Waals surface area contributed by atoms with E-state index in [0.29, 0.717) is 0 Å². The number of carbonyl (C=O) groups excluding carboxylic acids is 1. The Bertz CT molecular complexity index is 1060. The number of rotatable bonds is 7. The topological polar surface area (TPSA) is 32.7 Å². The maximum absolute atomic E-state index is 11.9. The Labute approximate surface area is 180 Å². The molecule has 0 heterocycles. The summed E-state index contributed by atoms with van der Waals surface area (Å²) in [6, 6.07) is 20.7. The van der Waals surface area contributed by atoms with Gasteiger partial charge >= 0.3 is 0 Å². The predicted octanol–water partition coefficient (Wildman–Crippen LogP) is 6.38. The van der Waals surface area contributed by atoms with Gasteiger partial charge in [-0.15, -0.1) is 0 Å². The van der Waals surface area contributed by atoms with Crippen molar-refractivity contribution in [1.82, 2.24) is 4.90 Å². The molecule has 3 rings (SSSR count). The molecule has 3 nitrogen and oxygen atoms in total. The summed E-state index contributed by atoms with van der Waals surface area (Å²) in [5.74, 6) is 0.0913. The highest BCUT2D eigenvalue weighted by molar-refractivity contribution is 6.00. The number of carbonyl (C=O) groups is 1. The van der Waals surface area contributed by atoms with E-state index in [1.165, 1.54) is 22.3 Å². The SMILES string of the molecule is CCN(C)C=Nc1cc(C)c(Cc2ccc(-c3ccccc3C(C)=O)cc2)cc1C. The van der Waals surface area contributed by atoms with Crippen LogP contribution in [0, 0.1) is 13.8 Å². The van der Waals surface area contributed by atoms with Crippen LogP contribution in [0.1, 0.15) is 46.5 Å². The summed E-state index contributed by atoms with van der Waals surface area (Å²) in [6.07, 6.45) is 2.76. The quantitative estimate of drug-likeness (QED) is 0.263. The third-order valence-corrected chi connectivity index (χ3v) is 5.51. The van der Waals surface area contributed by atoms with E-state index in [1.807, 2.05) is 37.7 Å². The van der Waals surface area contributed by atoms with Gasteiger partial charge in [0.05, 0.1) is 12.0 Å². The molecule has 0 spiro atoms. The highest BCUT2D eigenvalue weighted by atomic mass is 16.1. The van der Waals surface area contributed by atoms with E-state index in [-0.39, 0.29) is 5.78 Å². The van der Waals surface area contributed by atoms with Crippen molar-refractivity contribution in [2.75, 3.05) is 13.6 Å². The molecule has 0 aliphatic carbocycles. The second-order valence-corrected chi connectivity index (χ2v) is 7.86.